The van der Waals surface area contributed by atoms with Gasteiger partial charge in [-0.25, -0.2) is 8.42 Å². The predicted octanol–water partition coefficient (Wildman–Crippen LogP) is 4.82. The smallest absolute Gasteiger partial charge is 0.271 e. The molecule has 0 aliphatic rings. The minimum atomic E-state index is -4.32. The van der Waals surface area contributed by atoms with E-state index in [0.717, 1.165) is 21.5 Å². The Labute approximate surface area is 241 Å². The molecule has 218 valence electrons. The SMILES string of the molecule is CCC(C)NC(=O)C(CC)N(Cc1cccc(C)c1)C(=O)CN(c1cccc([N+](=O)[O-])c1)S(=O)(=O)c1ccccc1. The first-order chi connectivity index (χ1) is 19.5. The van der Waals surface area contributed by atoms with Crippen LogP contribution in [0.3, 0.4) is 0 Å². The fraction of sp³-hybridized carbons (Fsp3) is 0.333. The second-order valence-corrected chi connectivity index (χ2v) is 11.7. The lowest BCUT2D eigenvalue weighted by Gasteiger charge is -2.33. The van der Waals surface area contributed by atoms with Crippen molar-refractivity contribution in [2.24, 2.45) is 0 Å². The first-order valence-corrected chi connectivity index (χ1v) is 14.9. The lowest BCUT2D eigenvalue weighted by atomic mass is 10.1. The van der Waals surface area contributed by atoms with Gasteiger partial charge in [0, 0.05) is 24.7 Å². The molecule has 0 aliphatic heterocycles. The Hall–Kier alpha value is -4.25. The molecular weight excluding hydrogens is 544 g/mol. The summed E-state index contributed by atoms with van der Waals surface area (Å²) in [6.07, 6.45) is 0.992. The summed E-state index contributed by atoms with van der Waals surface area (Å²) in [7, 11) is -4.32. The topological polar surface area (TPSA) is 130 Å². The summed E-state index contributed by atoms with van der Waals surface area (Å²) < 4.78 is 28.5. The van der Waals surface area contributed by atoms with Crippen molar-refractivity contribution in [3.05, 3.63) is 100 Å². The molecule has 3 aromatic carbocycles. The van der Waals surface area contributed by atoms with Crippen molar-refractivity contribution >= 4 is 33.2 Å². The third kappa shape index (κ3) is 7.91. The van der Waals surface area contributed by atoms with E-state index in [1.165, 1.54) is 35.2 Å². The second kappa shape index (κ2) is 13.9. The van der Waals surface area contributed by atoms with E-state index < -0.39 is 33.4 Å². The van der Waals surface area contributed by atoms with E-state index in [1.54, 1.807) is 25.1 Å². The molecule has 3 rings (SSSR count). The zero-order valence-corrected chi connectivity index (χ0v) is 24.5. The highest BCUT2D eigenvalue weighted by molar-refractivity contribution is 7.92. The molecule has 0 aliphatic carbocycles. The van der Waals surface area contributed by atoms with E-state index in [4.69, 9.17) is 0 Å². The molecule has 2 unspecified atom stereocenters. The Kier molecular flexibility index (Phi) is 10.6. The summed E-state index contributed by atoms with van der Waals surface area (Å²) in [5.74, 6) is -0.959. The lowest BCUT2D eigenvalue weighted by molar-refractivity contribution is -0.384. The summed E-state index contributed by atoms with van der Waals surface area (Å²) in [5.41, 5.74) is 1.39. The summed E-state index contributed by atoms with van der Waals surface area (Å²) in [6, 6.07) is 19.2. The maximum atomic E-state index is 14.1. The van der Waals surface area contributed by atoms with Gasteiger partial charge in [0.15, 0.2) is 0 Å². The minimum absolute atomic E-state index is 0.0380. The number of carbonyl (C=O) groups excluding carboxylic acids is 2. The van der Waals surface area contributed by atoms with E-state index >= 15 is 0 Å². The number of anilines is 1. The van der Waals surface area contributed by atoms with E-state index in [-0.39, 0.29) is 34.8 Å². The average molecular weight is 581 g/mol. The number of rotatable bonds is 13. The second-order valence-electron chi connectivity index (χ2n) is 9.85. The molecule has 0 bridgehead atoms. The largest absolute Gasteiger partial charge is 0.352 e. The van der Waals surface area contributed by atoms with Gasteiger partial charge in [0.05, 0.1) is 15.5 Å². The molecule has 0 fully saturated rings. The summed E-state index contributed by atoms with van der Waals surface area (Å²) in [4.78, 5) is 39.6. The van der Waals surface area contributed by atoms with Crippen LogP contribution in [-0.2, 0) is 26.2 Å². The van der Waals surface area contributed by atoms with Crippen LogP contribution in [0.5, 0.6) is 0 Å². The summed E-state index contributed by atoms with van der Waals surface area (Å²) in [6.45, 7) is 6.91. The monoisotopic (exact) mass is 580 g/mol. The number of non-ortho nitro benzene ring substituents is 1. The van der Waals surface area contributed by atoms with Crippen LogP contribution in [-0.4, -0.2) is 48.7 Å². The number of amides is 2. The molecule has 2 atom stereocenters. The van der Waals surface area contributed by atoms with Crippen LogP contribution in [0.25, 0.3) is 0 Å². The van der Waals surface area contributed by atoms with Gasteiger partial charge in [-0.15, -0.1) is 0 Å². The van der Waals surface area contributed by atoms with Gasteiger partial charge >= 0.3 is 0 Å². The lowest BCUT2D eigenvalue weighted by Crippen LogP contribution is -2.53. The fourth-order valence-electron chi connectivity index (χ4n) is 4.38. The number of hydrogen-bond acceptors (Lipinski definition) is 6. The maximum Gasteiger partial charge on any atom is 0.271 e. The zero-order valence-electron chi connectivity index (χ0n) is 23.7. The minimum Gasteiger partial charge on any atom is -0.352 e. The Bertz CT molecular complexity index is 1480. The van der Waals surface area contributed by atoms with Crippen molar-refractivity contribution in [1.82, 2.24) is 10.2 Å². The van der Waals surface area contributed by atoms with Gasteiger partial charge in [0.25, 0.3) is 15.7 Å². The van der Waals surface area contributed by atoms with Gasteiger partial charge < -0.3 is 10.2 Å². The van der Waals surface area contributed by atoms with E-state index in [2.05, 4.69) is 5.32 Å². The molecule has 0 aromatic heterocycles. The van der Waals surface area contributed by atoms with Crippen molar-refractivity contribution in [3.8, 4) is 0 Å². The summed E-state index contributed by atoms with van der Waals surface area (Å²) >= 11 is 0. The Morgan fingerprint density at radius 3 is 2.24 bits per heavy atom. The van der Waals surface area contributed by atoms with Gasteiger partial charge in [0.2, 0.25) is 11.8 Å². The predicted molar refractivity (Wildman–Crippen MR) is 158 cm³/mol. The van der Waals surface area contributed by atoms with E-state index in [0.29, 0.717) is 12.8 Å². The number of benzene rings is 3. The number of nitro benzene ring substituents is 1. The number of aryl methyl sites for hydroxylation is 1. The van der Waals surface area contributed by atoms with Gasteiger partial charge in [-0.05, 0) is 50.5 Å². The zero-order chi connectivity index (χ0) is 30.2. The third-order valence-corrected chi connectivity index (χ3v) is 8.55. The fourth-order valence-corrected chi connectivity index (χ4v) is 5.80. The molecule has 3 aromatic rings. The molecule has 0 saturated heterocycles. The number of carbonyl (C=O) groups is 2. The van der Waals surface area contributed by atoms with Crippen LogP contribution in [0.15, 0.2) is 83.8 Å². The Morgan fingerprint density at radius 1 is 0.951 bits per heavy atom. The van der Waals surface area contributed by atoms with Crippen LogP contribution in [0.1, 0.15) is 44.7 Å². The van der Waals surface area contributed by atoms with Crippen molar-refractivity contribution in [2.75, 3.05) is 10.8 Å². The highest BCUT2D eigenvalue weighted by Crippen LogP contribution is 2.28. The van der Waals surface area contributed by atoms with Crippen LogP contribution in [0, 0.1) is 17.0 Å². The molecule has 2 amide bonds. The van der Waals surface area contributed by atoms with Crippen molar-refractivity contribution in [3.63, 3.8) is 0 Å². The van der Waals surface area contributed by atoms with Gasteiger partial charge in [-0.3, -0.25) is 24.0 Å². The molecule has 0 spiro atoms. The number of nitrogens with one attached hydrogen (secondary N) is 1. The molecule has 11 heteroatoms. The molecule has 10 nitrogen and oxygen atoms in total. The number of nitro groups is 1. The molecule has 0 heterocycles. The molecule has 41 heavy (non-hydrogen) atoms. The highest BCUT2D eigenvalue weighted by Gasteiger charge is 2.34. The standard InChI is InChI=1S/C30H36N4O6S/c1-5-23(4)31-30(36)28(6-2)32(20-24-13-10-12-22(3)18-24)29(35)21-33(25-14-11-15-26(19-25)34(37)38)41(39,40)27-16-8-7-9-17-27/h7-19,23,28H,5-6,20-21H2,1-4H3,(H,31,36). The van der Waals surface area contributed by atoms with Crippen molar-refractivity contribution in [2.45, 2.75) is 64.1 Å². The first kappa shape index (κ1) is 31.3. The van der Waals surface area contributed by atoms with Crippen LogP contribution in [0.4, 0.5) is 11.4 Å². The maximum absolute atomic E-state index is 14.1. The van der Waals surface area contributed by atoms with Crippen molar-refractivity contribution < 1.29 is 22.9 Å². The first-order valence-electron chi connectivity index (χ1n) is 13.5. The molecule has 0 radical (unpaired) electrons. The van der Waals surface area contributed by atoms with Crippen molar-refractivity contribution in [1.29, 1.82) is 0 Å². The van der Waals surface area contributed by atoms with Crippen LogP contribution >= 0.6 is 0 Å². The number of nitrogens with zero attached hydrogens (tertiary/aromatic N) is 3. The quantitative estimate of drug-likeness (QED) is 0.228. The van der Waals surface area contributed by atoms with Gasteiger partial charge in [-0.2, -0.15) is 0 Å². The third-order valence-electron chi connectivity index (χ3n) is 6.76. The van der Waals surface area contributed by atoms with Gasteiger partial charge in [0.1, 0.15) is 12.6 Å². The van der Waals surface area contributed by atoms with Crippen LogP contribution in [0.2, 0.25) is 0 Å². The van der Waals surface area contributed by atoms with E-state index in [9.17, 15) is 28.1 Å². The summed E-state index contributed by atoms with van der Waals surface area (Å²) in [5, 5.41) is 14.4. The van der Waals surface area contributed by atoms with E-state index in [1.807, 2.05) is 45.0 Å². The highest BCUT2D eigenvalue weighted by atomic mass is 32.2. The number of sulfonamides is 1. The average Bonchev–Trinajstić information content (AvgIpc) is 2.96. The molecular formula is C30H36N4O6S. The molecule has 0 saturated carbocycles. The van der Waals surface area contributed by atoms with Crippen LogP contribution < -0.4 is 9.62 Å². The normalized spacial score (nSPS) is 12.7. The Morgan fingerprint density at radius 2 is 1.63 bits per heavy atom. The number of hydrogen-bond donors (Lipinski definition) is 1. The Balaban J connectivity index is 2.09. The van der Waals surface area contributed by atoms with Gasteiger partial charge in [-0.1, -0.05) is 67.9 Å². The molecule has 1 N–H and O–H groups in total.